The minimum Gasteiger partial charge on any atom is -0.377 e. The first-order valence-electron chi connectivity index (χ1n) is 6.92. The molecule has 0 fully saturated rings. The Bertz CT molecular complexity index is 345. The third kappa shape index (κ3) is 4.72. The molecule has 1 aromatic rings. The van der Waals surface area contributed by atoms with Gasteiger partial charge in [-0.2, -0.15) is 0 Å². The summed E-state index contributed by atoms with van der Waals surface area (Å²) in [5.74, 6) is 1.26. The number of aromatic amines is 1. The molecule has 1 heterocycles. The Hall–Kier alpha value is -0.693. The van der Waals surface area contributed by atoms with Crippen LogP contribution in [0.4, 0.5) is 0 Å². The van der Waals surface area contributed by atoms with Gasteiger partial charge in [0.15, 0.2) is 0 Å². The van der Waals surface area contributed by atoms with Gasteiger partial charge in [-0.3, -0.25) is 0 Å². The molecule has 0 aromatic carbocycles. The van der Waals surface area contributed by atoms with Crippen molar-refractivity contribution in [3.63, 3.8) is 0 Å². The second-order valence-corrected chi connectivity index (χ2v) is 7.69. The van der Waals surface area contributed by atoms with Crippen molar-refractivity contribution in [1.82, 2.24) is 4.98 Å². The van der Waals surface area contributed by atoms with Crippen LogP contribution in [0.1, 0.15) is 32.0 Å². The van der Waals surface area contributed by atoms with Crippen LogP contribution in [-0.4, -0.2) is 35.1 Å². The van der Waals surface area contributed by atoms with Gasteiger partial charge < -0.3 is 13.3 Å². The molecule has 1 aromatic heterocycles. The van der Waals surface area contributed by atoms with Gasteiger partial charge in [0.05, 0.1) is 6.54 Å². The Balaban J connectivity index is 2.46. The van der Waals surface area contributed by atoms with Gasteiger partial charge in [-0.15, -0.1) is 0 Å². The monoisotopic (exact) mass is 287 g/mol. The highest BCUT2D eigenvalue weighted by atomic mass is 28.4. The van der Waals surface area contributed by atoms with Crippen molar-refractivity contribution in [3.05, 3.63) is 18.2 Å². The molecular formula is C13H27N2O3Si+. The predicted molar refractivity (Wildman–Crippen MR) is 75.8 cm³/mol. The van der Waals surface area contributed by atoms with Crippen LogP contribution in [0.25, 0.3) is 0 Å². The number of nitrogens with one attached hydrogen (secondary N) is 1. The van der Waals surface area contributed by atoms with Crippen LogP contribution in [0.15, 0.2) is 12.4 Å². The van der Waals surface area contributed by atoms with Gasteiger partial charge in [-0.25, -0.2) is 9.55 Å². The molecule has 0 aliphatic carbocycles. The molecule has 19 heavy (non-hydrogen) atoms. The van der Waals surface area contributed by atoms with E-state index < -0.39 is 8.80 Å². The summed E-state index contributed by atoms with van der Waals surface area (Å²) < 4.78 is 18.6. The third-order valence-electron chi connectivity index (χ3n) is 3.43. The number of aryl methyl sites for hydroxylation is 2. The lowest BCUT2D eigenvalue weighted by molar-refractivity contribution is -0.703. The number of aromatic nitrogens is 2. The first kappa shape index (κ1) is 16.4. The molecule has 1 rings (SSSR count). The summed E-state index contributed by atoms with van der Waals surface area (Å²) in [4.78, 5) is 3.31. The van der Waals surface area contributed by atoms with E-state index in [0.29, 0.717) is 0 Å². The van der Waals surface area contributed by atoms with Gasteiger partial charge in [-0.05, 0) is 12.8 Å². The largest absolute Gasteiger partial charge is 0.500 e. The van der Waals surface area contributed by atoms with Crippen LogP contribution in [0.2, 0.25) is 6.04 Å². The number of H-pyrrole nitrogens is 1. The van der Waals surface area contributed by atoms with Crippen LogP contribution in [0.5, 0.6) is 0 Å². The number of hydrogen-bond donors (Lipinski definition) is 1. The van der Waals surface area contributed by atoms with Gasteiger partial charge in [0.25, 0.3) is 5.82 Å². The Morgan fingerprint density at radius 1 is 1.16 bits per heavy atom. The predicted octanol–water partition coefficient (Wildman–Crippen LogP) is 1.91. The number of unbranched alkanes of at least 4 members (excludes halogenated alkanes) is 1. The molecule has 0 saturated carbocycles. The molecule has 0 bridgehead atoms. The topological polar surface area (TPSA) is 47.4 Å². The van der Waals surface area contributed by atoms with E-state index in [2.05, 4.69) is 22.7 Å². The molecule has 5 nitrogen and oxygen atoms in total. The molecule has 0 amide bonds. The molecule has 0 spiro atoms. The lowest BCUT2D eigenvalue weighted by Gasteiger charge is -2.23. The van der Waals surface area contributed by atoms with E-state index in [1.807, 2.05) is 6.20 Å². The van der Waals surface area contributed by atoms with Crippen molar-refractivity contribution in [3.8, 4) is 0 Å². The number of imidazole rings is 1. The quantitative estimate of drug-likeness (QED) is 0.528. The number of nitrogens with zero attached hydrogens (tertiary/aromatic N) is 1. The average Bonchev–Trinajstić information content (AvgIpc) is 2.89. The Kier molecular flexibility index (Phi) is 7.30. The zero-order valence-corrected chi connectivity index (χ0v) is 13.6. The van der Waals surface area contributed by atoms with Crippen molar-refractivity contribution in [2.45, 2.75) is 45.2 Å². The van der Waals surface area contributed by atoms with E-state index in [-0.39, 0.29) is 0 Å². The third-order valence-corrected chi connectivity index (χ3v) is 6.27. The van der Waals surface area contributed by atoms with Crippen LogP contribution < -0.4 is 4.57 Å². The van der Waals surface area contributed by atoms with Crippen molar-refractivity contribution in [1.29, 1.82) is 0 Å². The van der Waals surface area contributed by atoms with E-state index in [0.717, 1.165) is 25.4 Å². The molecule has 0 unspecified atom stereocenters. The molecular weight excluding hydrogens is 260 g/mol. The number of rotatable bonds is 10. The Morgan fingerprint density at radius 2 is 1.84 bits per heavy atom. The summed E-state index contributed by atoms with van der Waals surface area (Å²) in [5.41, 5.74) is 0. The molecule has 1 N–H and O–H groups in total. The average molecular weight is 287 g/mol. The van der Waals surface area contributed by atoms with Crippen molar-refractivity contribution in [2.75, 3.05) is 21.3 Å². The summed E-state index contributed by atoms with van der Waals surface area (Å²) in [6, 6.07) is 0.837. The summed E-state index contributed by atoms with van der Waals surface area (Å²) >= 11 is 0. The smallest absolute Gasteiger partial charge is 0.377 e. The van der Waals surface area contributed by atoms with E-state index in [1.54, 1.807) is 21.3 Å². The highest BCUT2D eigenvalue weighted by Crippen LogP contribution is 2.16. The minimum atomic E-state index is -2.42. The van der Waals surface area contributed by atoms with Gasteiger partial charge in [-0.1, -0.05) is 13.3 Å². The van der Waals surface area contributed by atoms with E-state index >= 15 is 0 Å². The minimum absolute atomic E-state index is 0.837. The highest BCUT2D eigenvalue weighted by Gasteiger charge is 2.37. The van der Waals surface area contributed by atoms with Crippen LogP contribution in [0, 0.1) is 0 Å². The summed E-state index contributed by atoms with van der Waals surface area (Å²) in [7, 11) is 2.57. The SMILES string of the molecule is CCCC[n+]1cc[nH]c1CCC[Si](OC)(OC)OC. The zero-order chi connectivity index (χ0) is 14.1. The van der Waals surface area contributed by atoms with E-state index in [9.17, 15) is 0 Å². The maximum atomic E-state index is 5.43. The molecule has 0 saturated heterocycles. The van der Waals surface area contributed by atoms with E-state index in [4.69, 9.17) is 13.3 Å². The standard InChI is InChI=1S/C13H26N2O3Si/c1-5-6-10-15-11-9-14-13(15)8-7-12-19(16-2,17-3)18-4/h9,11H,5-8,10,12H2,1-4H3/p+1. The van der Waals surface area contributed by atoms with Crippen molar-refractivity contribution in [2.24, 2.45) is 0 Å². The molecule has 0 radical (unpaired) electrons. The van der Waals surface area contributed by atoms with Crippen LogP contribution >= 0.6 is 0 Å². The van der Waals surface area contributed by atoms with Gasteiger partial charge in [0, 0.05) is 33.8 Å². The molecule has 0 atom stereocenters. The maximum Gasteiger partial charge on any atom is 0.500 e. The summed E-state index contributed by atoms with van der Waals surface area (Å²) in [6.45, 7) is 3.29. The first-order chi connectivity index (χ1) is 9.21. The van der Waals surface area contributed by atoms with Crippen molar-refractivity contribution < 1.29 is 17.8 Å². The van der Waals surface area contributed by atoms with Crippen LogP contribution in [-0.2, 0) is 26.2 Å². The molecule has 0 aliphatic rings. The first-order valence-corrected chi connectivity index (χ1v) is 8.85. The summed E-state index contributed by atoms with van der Waals surface area (Å²) in [6.07, 6.45) is 8.51. The Morgan fingerprint density at radius 3 is 2.42 bits per heavy atom. The fourth-order valence-electron chi connectivity index (χ4n) is 2.18. The lowest BCUT2D eigenvalue weighted by Crippen LogP contribution is -2.43. The van der Waals surface area contributed by atoms with E-state index in [1.165, 1.54) is 18.7 Å². The summed E-state index contributed by atoms with van der Waals surface area (Å²) in [5, 5.41) is 0. The molecule has 0 aliphatic heterocycles. The maximum absolute atomic E-state index is 5.43. The lowest BCUT2D eigenvalue weighted by atomic mass is 10.3. The van der Waals surface area contributed by atoms with Gasteiger partial charge in [0.1, 0.15) is 12.4 Å². The van der Waals surface area contributed by atoms with Gasteiger partial charge in [0.2, 0.25) is 0 Å². The molecule has 110 valence electrons. The fraction of sp³-hybridized carbons (Fsp3) is 0.769. The fourth-order valence-corrected chi connectivity index (χ4v) is 3.90. The van der Waals surface area contributed by atoms with Crippen molar-refractivity contribution >= 4 is 8.80 Å². The van der Waals surface area contributed by atoms with Crippen LogP contribution in [0.3, 0.4) is 0 Å². The van der Waals surface area contributed by atoms with Gasteiger partial charge >= 0.3 is 8.80 Å². The molecule has 6 heteroatoms. The normalized spacial score (nSPS) is 12.0. The second kappa shape index (κ2) is 8.47. The second-order valence-electron chi connectivity index (χ2n) is 4.60. The zero-order valence-electron chi connectivity index (χ0n) is 12.6. The Labute approximate surface area is 117 Å². The number of hydrogen-bond acceptors (Lipinski definition) is 3. The highest BCUT2D eigenvalue weighted by molar-refractivity contribution is 6.60.